The van der Waals surface area contributed by atoms with Gasteiger partial charge in [-0.05, 0) is 41.3 Å². The molecule has 1 amide bonds. The second-order valence-electron chi connectivity index (χ2n) is 9.81. The van der Waals surface area contributed by atoms with Gasteiger partial charge >= 0.3 is 12.4 Å². The molecule has 0 aromatic heterocycles. The minimum absolute atomic E-state index is 0.0203. The number of amides is 1. The summed E-state index contributed by atoms with van der Waals surface area (Å²) in [6, 6.07) is 11.5. The average molecular weight is 574 g/mol. The quantitative estimate of drug-likeness (QED) is 0.402. The highest BCUT2D eigenvalue weighted by molar-refractivity contribution is 6.33. The van der Waals surface area contributed by atoms with E-state index in [1.165, 1.54) is 18.2 Å². The van der Waals surface area contributed by atoms with E-state index >= 15 is 0 Å². The third-order valence-corrected chi connectivity index (χ3v) is 7.22. The molecule has 1 unspecified atom stereocenters. The van der Waals surface area contributed by atoms with Crippen LogP contribution in [-0.2, 0) is 4.79 Å². The fourth-order valence-corrected chi connectivity index (χ4v) is 5.00. The normalized spacial score (nSPS) is 18.9. The zero-order valence-electron chi connectivity index (χ0n) is 21.0. The Balaban J connectivity index is 1.73. The predicted octanol–water partition coefficient (Wildman–Crippen LogP) is 6.77. The number of carbonyl (C=O) groups is 1. The van der Waals surface area contributed by atoms with Gasteiger partial charge in [0.1, 0.15) is 0 Å². The molecule has 2 aliphatic rings. The van der Waals surface area contributed by atoms with Crippen molar-refractivity contribution in [3.63, 3.8) is 0 Å². The Bertz CT molecular complexity index is 1290. The molecule has 0 radical (unpaired) electrons. The number of benzene rings is 2. The molecule has 39 heavy (non-hydrogen) atoms. The van der Waals surface area contributed by atoms with Crippen LogP contribution in [0.3, 0.4) is 0 Å². The van der Waals surface area contributed by atoms with Crippen LogP contribution in [0.2, 0.25) is 5.02 Å². The van der Waals surface area contributed by atoms with Gasteiger partial charge in [-0.2, -0.15) is 31.4 Å². The Kier molecular flexibility index (Phi) is 7.79. The van der Waals surface area contributed by atoms with E-state index in [2.05, 4.69) is 5.10 Å². The number of aliphatic hydroxyl groups is 1. The van der Waals surface area contributed by atoms with Crippen LogP contribution in [0.4, 0.5) is 32.0 Å². The molecule has 0 aliphatic carbocycles. The third-order valence-electron chi connectivity index (χ3n) is 6.90. The largest absolute Gasteiger partial charge is 0.431 e. The zero-order chi connectivity index (χ0) is 28.8. The summed E-state index contributed by atoms with van der Waals surface area (Å²) in [6.45, 7) is 4.50. The predicted molar refractivity (Wildman–Crippen MR) is 136 cm³/mol. The summed E-state index contributed by atoms with van der Waals surface area (Å²) in [5.74, 6) is -0.130. The van der Waals surface area contributed by atoms with Gasteiger partial charge in [0.25, 0.3) is 5.60 Å². The van der Waals surface area contributed by atoms with Crippen LogP contribution in [0.1, 0.15) is 43.9 Å². The fraction of sp³-hybridized carbons (Fsp3) is 0.407. The molecule has 2 aromatic carbocycles. The van der Waals surface area contributed by atoms with E-state index in [9.17, 15) is 36.2 Å². The number of hydrogen-bond acceptors (Lipinski definition) is 4. The fourth-order valence-electron chi connectivity index (χ4n) is 4.78. The number of rotatable bonds is 5. The summed E-state index contributed by atoms with van der Waals surface area (Å²) in [6.07, 6.45) is -10.5. The lowest BCUT2D eigenvalue weighted by Crippen LogP contribution is -2.62. The van der Waals surface area contributed by atoms with Crippen LogP contribution < -0.4 is 5.01 Å². The first-order valence-corrected chi connectivity index (χ1v) is 12.6. The van der Waals surface area contributed by atoms with Crippen LogP contribution in [0.25, 0.3) is 5.57 Å². The molecule has 12 heteroatoms. The molecule has 2 heterocycles. The van der Waals surface area contributed by atoms with E-state index in [0.717, 1.165) is 16.1 Å². The molecule has 0 saturated heterocycles. The van der Waals surface area contributed by atoms with Gasteiger partial charge in [0.2, 0.25) is 5.91 Å². The molecular formula is C27H26ClF6N3O2. The van der Waals surface area contributed by atoms with E-state index < -0.39 is 36.1 Å². The molecule has 4 rings (SSSR count). The second-order valence-corrected chi connectivity index (χ2v) is 10.2. The van der Waals surface area contributed by atoms with Crippen molar-refractivity contribution in [1.82, 2.24) is 4.90 Å². The van der Waals surface area contributed by atoms with Crippen LogP contribution >= 0.6 is 11.6 Å². The molecule has 0 fully saturated rings. The summed E-state index contributed by atoms with van der Waals surface area (Å²) in [4.78, 5) is 14.0. The maximum atomic E-state index is 13.7. The first-order chi connectivity index (χ1) is 18.1. The van der Waals surface area contributed by atoms with Gasteiger partial charge < -0.3 is 10.0 Å². The molecule has 0 bridgehead atoms. The number of para-hydroxylation sites is 1. The Morgan fingerprint density at radius 1 is 1.05 bits per heavy atom. The molecule has 210 valence electrons. The Labute approximate surface area is 226 Å². The van der Waals surface area contributed by atoms with E-state index in [4.69, 9.17) is 11.6 Å². The lowest BCUT2D eigenvalue weighted by atomic mass is 9.88. The number of hydrogen-bond donors (Lipinski definition) is 1. The van der Waals surface area contributed by atoms with Crippen molar-refractivity contribution >= 4 is 34.5 Å². The van der Waals surface area contributed by atoms with Gasteiger partial charge in [-0.15, -0.1) is 0 Å². The van der Waals surface area contributed by atoms with Crippen molar-refractivity contribution in [3.8, 4) is 0 Å². The van der Waals surface area contributed by atoms with Crippen LogP contribution in [0, 0.1) is 5.92 Å². The number of anilines is 1. The summed E-state index contributed by atoms with van der Waals surface area (Å²) < 4.78 is 82.2. The third kappa shape index (κ3) is 5.38. The van der Waals surface area contributed by atoms with Gasteiger partial charge in [0.15, 0.2) is 0 Å². The van der Waals surface area contributed by atoms with Crippen molar-refractivity contribution < 1.29 is 36.2 Å². The summed E-state index contributed by atoms with van der Waals surface area (Å²) in [5, 5.41) is 14.8. The molecule has 5 nitrogen and oxygen atoms in total. The molecule has 2 aromatic rings. The SMILES string of the molecule is CC(C)C(=O)N1CC=C(c2cccc(C3CC(C(O)(C(F)(F)F)C(F)(F)F)=NN3c3ccccc3Cl)c2)CC1. The number of nitrogens with zero attached hydrogens (tertiary/aromatic N) is 3. The summed E-state index contributed by atoms with van der Waals surface area (Å²) in [5.41, 5.74) is -4.51. The minimum Gasteiger partial charge on any atom is -0.369 e. The van der Waals surface area contributed by atoms with Gasteiger partial charge in [-0.25, -0.2) is 0 Å². The maximum Gasteiger partial charge on any atom is 0.431 e. The van der Waals surface area contributed by atoms with Crippen LogP contribution in [0.5, 0.6) is 0 Å². The van der Waals surface area contributed by atoms with E-state index in [1.807, 2.05) is 19.9 Å². The molecule has 0 saturated carbocycles. The number of carbonyl (C=O) groups excluding carboxylic acids is 1. The van der Waals surface area contributed by atoms with E-state index in [1.54, 1.807) is 35.2 Å². The van der Waals surface area contributed by atoms with E-state index in [0.29, 0.717) is 25.1 Å². The first kappa shape index (κ1) is 28.9. The molecular weight excluding hydrogens is 548 g/mol. The van der Waals surface area contributed by atoms with Crippen LogP contribution in [-0.4, -0.2) is 52.7 Å². The van der Waals surface area contributed by atoms with Crippen molar-refractivity contribution in [2.75, 3.05) is 18.1 Å². The Morgan fingerprint density at radius 2 is 1.72 bits per heavy atom. The highest BCUT2D eigenvalue weighted by Gasteiger charge is 2.74. The van der Waals surface area contributed by atoms with Gasteiger partial charge in [0.05, 0.1) is 22.5 Å². The van der Waals surface area contributed by atoms with Crippen molar-refractivity contribution in [2.24, 2.45) is 11.0 Å². The van der Waals surface area contributed by atoms with Crippen molar-refractivity contribution in [3.05, 3.63) is 70.8 Å². The number of halogens is 7. The standard InChI is InChI=1S/C27H26ClF6N3O2/c1-16(2)24(38)36-12-10-17(11-13-36)18-6-5-7-19(14-18)22-15-23(25(39,26(29,30)31)27(32,33)34)35-37(22)21-9-4-3-8-20(21)28/h3-10,14,16,22,39H,11-13,15H2,1-2H3. The summed E-state index contributed by atoms with van der Waals surface area (Å²) >= 11 is 6.25. The molecule has 1 atom stereocenters. The van der Waals surface area contributed by atoms with Gasteiger partial charge in [-0.1, -0.05) is 61.9 Å². The average Bonchev–Trinajstić information content (AvgIpc) is 3.32. The second kappa shape index (κ2) is 10.5. The monoisotopic (exact) mass is 573 g/mol. The Morgan fingerprint density at radius 3 is 2.28 bits per heavy atom. The van der Waals surface area contributed by atoms with Crippen LogP contribution in [0.15, 0.2) is 59.7 Å². The zero-order valence-corrected chi connectivity index (χ0v) is 21.8. The topological polar surface area (TPSA) is 56.1 Å². The number of alkyl halides is 6. The molecule has 2 aliphatic heterocycles. The lowest BCUT2D eigenvalue weighted by Gasteiger charge is -2.32. The highest BCUT2D eigenvalue weighted by Crippen LogP contribution is 2.49. The van der Waals surface area contributed by atoms with Crippen molar-refractivity contribution in [1.29, 1.82) is 0 Å². The van der Waals surface area contributed by atoms with Crippen molar-refractivity contribution in [2.45, 2.75) is 50.7 Å². The lowest BCUT2D eigenvalue weighted by molar-refractivity contribution is -0.338. The highest BCUT2D eigenvalue weighted by atomic mass is 35.5. The summed E-state index contributed by atoms with van der Waals surface area (Å²) in [7, 11) is 0. The smallest absolute Gasteiger partial charge is 0.369 e. The molecule has 0 spiro atoms. The van der Waals surface area contributed by atoms with Gasteiger partial charge in [0, 0.05) is 25.4 Å². The maximum absolute atomic E-state index is 13.7. The number of hydrazone groups is 1. The van der Waals surface area contributed by atoms with E-state index in [-0.39, 0.29) is 22.5 Å². The molecule has 1 N–H and O–H groups in total. The van der Waals surface area contributed by atoms with Gasteiger partial charge in [-0.3, -0.25) is 9.80 Å². The minimum atomic E-state index is -6.06. The first-order valence-electron chi connectivity index (χ1n) is 12.2. The Hall–Kier alpha value is -3.05.